The number of allylic oxidation sites excluding steroid dienone is 1. The first-order valence-corrected chi connectivity index (χ1v) is 13.5. The van der Waals surface area contributed by atoms with E-state index in [1.54, 1.807) is 11.5 Å². The third-order valence-corrected chi connectivity index (χ3v) is 8.04. The molecule has 0 radical (unpaired) electrons. The number of Topliss-reactive ketones (excluding diaryl/α,β-unsaturated/α-hetero) is 1. The number of rotatable bonds is 6. The van der Waals surface area contributed by atoms with Crippen molar-refractivity contribution in [3.8, 4) is 5.69 Å². The molecule has 8 heteroatoms. The zero-order valence-corrected chi connectivity index (χ0v) is 23.3. The molecule has 0 saturated carbocycles. The fraction of sp³-hybridized carbons (Fsp3) is 0.226. The Morgan fingerprint density at radius 3 is 2.38 bits per heavy atom. The first-order chi connectivity index (χ1) is 18.7. The van der Waals surface area contributed by atoms with Crippen LogP contribution in [0.4, 0.5) is 0 Å². The van der Waals surface area contributed by atoms with E-state index >= 15 is 0 Å². The van der Waals surface area contributed by atoms with Gasteiger partial charge >= 0.3 is 5.97 Å². The van der Waals surface area contributed by atoms with Crippen molar-refractivity contribution in [3.63, 3.8) is 0 Å². The van der Waals surface area contributed by atoms with E-state index in [-0.39, 0.29) is 11.3 Å². The molecule has 0 saturated heterocycles. The molecule has 0 fully saturated rings. The number of ether oxygens (including phenoxy) is 1. The van der Waals surface area contributed by atoms with Crippen LogP contribution >= 0.6 is 11.3 Å². The Labute approximate surface area is 230 Å². The number of aromatic nitrogens is 2. The van der Waals surface area contributed by atoms with Crippen molar-refractivity contribution in [3.05, 3.63) is 120 Å². The van der Waals surface area contributed by atoms with Crippen LogP contribution in [0.1, 0.15) is 59.2 Å². The Bertz CT molecular complexity index is 1810. The number of ketones is 1. The summed E-state index contributed by atoms with van der Waals surface area (Å²) < 4.78 is 9.37. The molecule has 5 rings (SSSR count). The summed E-state index contributed by atoms with van der Waals surface area (Å²) in [6.07, 6.45) is 2.42. The fourth-order valence-corrected chi connectivity index (χ4v) is 6.14. The van der Waals surface area contributed by atoms with Gasteiger partial charge in [0.25, 0.3) is 5.56 Å². The Hall–Kier alpha value is -4.30. The molecule has 0 unspecified atom stereocenters. The lowest BCUT2D eigenvalue weighted by Crippen LogP contribution is -2.40. The third-order valence-electron chi connectivity index (χ3n) is 7.05. The first-order valence-electron chi connectivity index (χ1n) is 12.7. The summed E-state index contributed by atoms with van der Waals surface area (Å²) in [6, 6.07) is 18.4. The van der Waals surface area contributed by atoms with Crippen LogP contribution in [0.15, 0.2) is 81.7 Å². The van der Waals surface area contributed by atoms with Crippen molar-refractivity contribution in [1.82, 2.24) is 9.13 Å². The highest BCUT2D eigenvalue weighted by Gasteiger charge is 2.33. The van der Waals surface area contributed by atoms with Gasteiger partial charge in [0.1, 0.15) is 0 Å². The number of nitrogens with zero attached hydrogens (tertiary/aromatic N) is 3. The van der Waals surface area contributed by atoms with Crippen LogP contribution in [-0.4, -0.2) is 28.0 Å². The van der Waals surface area contributed by atoms with Gasteiger partial charge in [0.05, 0.1) is 29.0 Å². The molecular weight excluding hydrogens is 510 g/mol. The van der Waals surface area contributed by atoms with Gasteiger partial charge in [0.15, 0.2) is 10.6 Å². The van der Waals surface area contributed by atoms with Crippen LogP contribution in [0.3, 0.4) is 0 Å². The summed E-state index contributed by atoms with van der Waals surface area (Å²) in [5, 5.41) is 0. The number of carbonyl (C=O) groups is 2. The minimum atomic E-state index is -0.626. The van der Waals surface area contributed by atoms with Gasteiger partial charge in [-0.1, -0.05) is 48.6 Å². The maximum absolute atomic E-state index is 13.9. The molecule has 198 valence electrons. The summed E-state index contributed by atoms with van der Waals surface area (Å²) in [7, 11) is 1.35. The van der Waals surface area contributed by atoms with Crippen molar-refractivity contribution in [1.29, 1.82) is 0 Å². The van der Waals surface area contributed by atoms with Crippen LogP contribution in [0.5, 0.6) is 0 Å². The number of thiazole rings is 1. The molecule has 39 heavy (non-hydrogen) atoms. The van der Waals surface area contributed by atoms with Gasteiger partial charge in [-0.15, -0.1) is 0 Å². The normalized spacial score (nSPS) is 15.2. The summed E-state index contributed by atoms with van der Waals surface area (Å²) >= 11 is 1.32. The van der Waals surface area contributed by atoms with Crippen molar-refractivity contribution in [2.75, 3.05) is 7.11 Å². The van der Waals surface area contributed by atoms with E-state index in [2.05, 4.69) is 4.57 Å². The van der Waals surface area contributed by atoms with Crippen molar-refractivity contribution < 1.29 is 14.3 Å². The van der Waals surface area contributed by atoms with Crippen molar-refractivity contribution in [2.45, 2.75) is 40.2 Å². The maximum atomic E-state index is 13.9. The first kappa shape index (κ1) is 26.3. The van der Waals surface area contributed by atoms with Crippen LogP contribution in [0, 0.1) is 13.8 Å². The summed E-state index contributed by atoms with van der Waals surface area (Å²) in [4.78, 5) is 43.8. The quantitative estimate of drug-likeness (QED) is 0.269. The minimum Gasteiger partial charge on any atom is -0.466 e. The molecule has 1 aliphatic rings. The number of carbonyl (C=O) groups excluding carboxylic acids is 2. The second-order valence-corrected chi connectivity index (χ2v) is 10.5. The van der Waals surface area contributed by atoms with Gasteiger partial charge in [-0.25, -0.2) is 9.79 Å². The van der Waals surface area contributed by atoms with Crippen LogP contribution < -0.4 is 14.9 Å². The Morgan fingerprint density at radius 1 is 1.08 bits per heavy atom. The average Bonchev–Trinajstić information content (AvgIpc) is 3.41. The van der Waals surface area contributed by atoms with Gasteiger partial charge in [0, 0.05) is 22.6 Å². The molecule has 0 spiro atoms. The van der Waals surface area contributed by atoms with E-state index in [4.69, 9.17) is 9.73 Å². The number of hydrogen-bond acceptors (Lipinski definition) is 6. The molecular formula is C31H29N3O4S. The van der Waals surface area contributed by atoms with E-state index in [1.807, 2.05) is 87.5 Å². The molecule has 0 N–H and O–H groups in total. The Morgan fingerprint density at radius 2 is 1.77 bits per heavy atom. The standard InChI is InChI=1S/C31H29N3O4S/c1-6-25-27(30(37)38-5)28(22-10-8-7-9-11-22)34-29(36)26(39-31(34)32-25)17-23-16-18(2)33(19(23)3)24-14-12-21(13-15-24)20(4)35/h7-17,28H,6H2,1-5H3/b26-17-/t28-/m0/s1. The van der Waals surface area contributed by atoms with Crippen LogP contribution in [-0.2, 0) is 9.53 Å². The number of esters is 1. The lowest BCUT2D eigenvalue weighted by atomic mass is 9.95. The van der Waals surface area contributed by atoms with Crippen molar-refractivity contribution >= 4 is 29.2 Å². The molecule has 2 aromatic heterocycles. The Balaban J connectivity index is 1.68. The van der Waals surface area contributed by atoms with Gasteiger partial charge in [-0.05, 0) is 74.7 Å². The van der Waals surface area contributed by atoms with Crippen molar-refractivity contribution in [2.24, 2.45) is 4.99 Å². The highest BCUT2D eigenvalue weighted by atomic mass is 32.1. The molecule has 0 aliphatic carbocycles. The van der Waals surface area contributed by atoms with E-state index in [0.29, 0.717) is 32.6 Å². The highest BCUT2D eigenvalue weighted by molar-refractivity contribution is 7.07. The zero-order valence-electron chi connectivity index (χ0n) is 22.5. The largest absolute Gasteiger partial charge is 0.466 e. The molecule has 0 bridgehead atoms. The fourth-order valence-electron chi connectivity index (χ4n) is 5.13. The van der Waals surface area contributed by atoms with E-state index in [1.165, 1.54) is 18.4 Å². The van der Waals surface area contributed by atoms with E-state index in [0.717, 1.165) is 28.2 Å². The SMILES string of the molecule is CCC1=C(C(=O)OC)[C@H](c2ccccc2)n2c(s/c(=C\c3cc(C)n(-c4ccc(C(C)=O)cc4)c3C)c2=O)=N1. The average molecular weight is 540 g/mol. The molecule has 3 heterocycles. The van der Waals surface area contributed by atoms with Crippen LogP contribution in [0.2, 0.25) is 0 Å². The van der Waals surface area contributed by atoms with Gasteiger partial charge < -0.3 is 9.30 Å². The highest BCUT2D eigenvalue weighted by Crippen LogP contribution is 2.31. The predicted molar refractivity (Wildman–Crippen MR) is 152 cm³/mol. The number of benzene rings is 2. The maximum Gasteiger partial charge on any atom is 0.338 e. The number of fused-ring (bicyclic) bond motifs is 1. The zero-order chi connectivity index (χ0) is 27.8. The second kappa shape index (κ2) is 10.5. The lowest BCUT2D eigenvalue weighted by Gasteiger charge is -2.25. The summed E-state index contributed by atoms with van der Waals surface area (Å²) in [5.41, 5.74) is 6.10. The van der Waals surface area contributed by atoms with E-state index in [9.17, 15) is 14.4 Å². The molecule has 4 aromatic rings. The monoisotopic (exact) mass is 539 g/mol. The lowest BCUT2D eigenvalue weighted by molar-refractivity contribution is -0.136. The summed E-state index contributed by atoms with van der Waals surface area (Å²) in [6.45, 7) is 7.51. The van der Waals surface area contributed by atoms with Crippen LogP contribution in [0.25, 0.3) is 11.8 Å². The van der Waals surface area contributed by atoms with Gasteiger partial charge in [-0.3, -0.25) is 14.2 Å². The molecule has 7 nitrogen and oxygen atoms in total. The van der Waals surface area contributed by atoms with E-state index < -0.39 is 12.0 Å². The minimum absolute atomic E-state index is 0.0222. The molecule has 0 amide bonds. The molecule has 1 aliphatic heterocycles. The number of aryl methyl sites for hydroxylation is 1. The predicted octanol–water partition coefficient (Wildman–Crippen LogP) is 4.41. The topological polar surface area (TPSA) is 82.7 Å². The smallest absolute Gasteiger partial charge is 0.338 e. The van der Waals surface area contributed by atoms with Gasteiger partial charge in [-0.2, -0.15) is 0 Å². The number of hydrogen-bond donors (Lipinski definition) is 0. The number of methoxy groups -OCH3 is 1. The summed E-state index contributed by atoms with van der Waals surface area (Å²) in [5.74, 6) is -0.466. The second-order valence-electron chi connectivity index (χ2n) is 9.46. The third kappa shape index (κ3) is 4.61. The Kier molecular flexibility index (Phi) is 7.06. The molecule has 2 aromatic carbocycles. The van der Waals surface area contributed by atoms with Gasteiger partial charge in [0.2, 0.25) is 0 Å². The molecule has 1 atom stereocenters.